The highest BCUT2D eigenvalue weighted by molar-refractivity contribution is 5.91. The van der Waals surface area contributed by atoms with Crippen LogP contribution in [0.1, 0.15) is 5.56 Å². The van der Waals surface area contributed by atoms with Crippen molar-refractivity contribution in [3.8, 4) is 6.01 Å². The fourth-order valence-corrected chi connectivity index (χ4v) is 1.58. The van der Waals surface area contributed by atoms with E-state index in [0.29, 0.717) is 5.56 Å². The molecule has 1 aromatic heterocycles. The van der Waals surface area contributed by atoms with Crippen molar-refractivity contribution in [2.24, 2.45) is 0 Å². The van der Waals surface area contributed by atoms with Gasteiger partial charge in [0.2, 0.25) is 11.9 Å². The third-order valence-electron chi connectivity index (χ3n) is 2.44. The number of aromatic amines is 1. The van der Waals surface area contributed by atoms with E-state index in [0.717, 1.165) is 0 Å². The first-order valence-corrected chi connectivity index (χ1v) is 5.58. The molecule has 9 heteroatoms. The first-order chi connectivity index (χ1) is 9.60. The minimum atomic E-state index is -0.528. The van der Waals surface area contributed by atoms with Crippen LogP contribution in [0, 0.1) is 10.1 Å². The third-order valence-corrected chi connectivity index (χ3v) is 2.44. The van der Waals surface area contributed by atoms with Crippen LogP contribution in [0.4, 0.5) is 11.6 Å². The number of methoxy groups -OCH3 is 1. The van der Waals surface area contributed by atoms with Crippen molar-refractivity contribution in [1.82, 2.24) is 15.2 Å². The molecule has 9 nitrogen and oxygen atoms in total. The number of hydrogen-bond donors (Lipinski definition) is 2. The highest BCUT2D eigenvalue weighted by Gasteiger charge is 2.16. The molecule has 0 aliphatic heterocycles. The topological polar surface area (TPSA) is 123 Å². The van der Waals surface area contributed by atoms with E-state index in [9.17, 15) is 14.9 Å². The van der Waals surface area contributed by atoms with E-state index in [1.807, 2.05) is 0 Å². The number of rotatable bonds is 5. The largest absolute Gasteiger partial charge is 0.466 e. The van der Waals surface area contributed by atoms with Crippen LogP contribution in [0.5, 0.6) is 6.01 Å². The molecule has 20 heavy (non-hydrogen) atoms. The number of nitrogens with zero attached hydrogens (tertiary/aromatic N) is 3. The Kier molecular flexibility index (Phi) is 3.89. The first-order valence-electron chi connectivity index (χ1n) is 5.58. The van der Waals surface area contributed by atoms with Gasteiger partial charge < -0.3 is 4.74 Å². The number of nitrogens with one attached hydrogen (secondary N) is 2. The number of nitro groups is 1. The normalized spacial score (nSPS) is 10.1. The fraction of sp³-hybridized carbons (Fsp3) is 0.182. The summed E-state index contributed by atoms with van der Waals surface area (Å²) in [7, 11) is 1.39. The molecule has 0 saturated heterocycles. The van der Waals surface area contributed by atoms with E-state index >= 15 is 0 Å². The second kappa shape index (κ2) is 5.78. The molecule has 104 valence electrons. The van der Waals surface area contributed by atoms with Gasteiger partial charge in [-0.05, 0) is 0 Å². The standard InChI is InChI=1S/C11H11N5O4/c1-20-11-13-10(14-15-11)12-9(17)6-7-4-2-3-5-8(7)16(18)19/h2-5H,6H2,1H3,(H2,12,13,14,15,17). The van der Waals surface area contributed by atoms with Crippen LogP contribution in [0.25, 0.3) is 0 Å². The van der Waals surface area contributed by atoms with Crippen molar-refractivity contribution < 1.29 is 14.5 Å². The molecule has 0 saturated carbocycles. The van der Waals surface area contributed by atoms with Crippen LogP contribution in [0.3, 0.4) is 0 Å². The Morgan fingerprint density at radius 2 is 2.25 bits per heavy atom. The van der Waals surface area contributed by atoms with E-state index in [2.05, 4.69) is 20.5 Å². The number of anilines is 1. The summed E-state index contributed by atoms with van der Waals surface area (Å²) in [6.07, 6.45) is -0.139. The van der Waals surface area contributed by atoms with Gasteiger partial charge in [-0.2, -0.15) is 4.98 Å². The Morgan fingerprint density at radius 1 is 1.50 bits per heavy atom. The van der Waals surface area contributed by atoms with E-state index < -0.39 is 10.8 Å². The summed E-state index contributed by atoms with van der Waals surface area (Å²) >= 11 is 0. The summed E-state index contributed by atoms with van der Waals surface area (Å²) in [6.45, 7) is 0. The third kappa shape index (κ3) is 3.07. The van der Waals surface area contributed by atoms with Crippen molar-refractivity contribution in [2.45, 2.75) is 6.42 Å². The number of amides is 1. The number of para-hydroxylation sites is 1. The van der Waals surface area contributed by atoms with Crippen molar-refractivity contribution in [2.75, 3.05) is 12.4 Å². The number of benzene rings is 1. The Hall–Kier alpha value is -2.97. The smallest absolute Gasteiger partial charge is 0.336 e. The number of aromatic nitrogens is 3. The lowest BCUT2D eigenvalue weighted by Gasteiger charge is -2.02. The average Bonchev–Trinajstić information content (AvgIpc) is 2.86. The molecule has 0 aliphatic rings. The molecule has 0 radical (unpaired) electrons. The number of nitro benzene ring substituents is 1. The second-order valence-corrected chi connectivity index (χ2v) is 3.78. The van der Waals surface area contributed by atoms with Crippen LogP contribution >= 0.6 is 0 Å². The van der Waals surface area contributed by atoms with Gasteiger partial charge in [-0.15, -0.1) is 5.10 Å². The summed E-state index contributed by atoms with van der Waals surface area (Å²) in [5, 5.41) is 19.4. The minimum absolute atomic E-state index is 0.0889. The van der Waals surface area contributed by atoms with Gasteiger partial charge in [0.05, 0.1) is 18.5 Å². The number of carbonyl (C=O) groups excluding carboxylic acids is 1. The fourth-order valence-electron chi connectivity index (χ4n) is 1.58. The van der Waals surface area contributed by atoms with Gasteiger partial charge >= 0.3 is 6.01 Å². The maximum Gasteiger partial charge on any atom is 0.336 e. The van der Waals surface area contributed by atoms with Crippen LogP contribution in [0.2, 0.25) is 0 Å². The monoisotopic (exact) mass is 277 g/mol. The molecule has 0 spiro atoms. The van der Waals surface area contributed by atoms with Crippen LogP contribution in [-0.2, 0) is 11.2 Å². The molecule has 1 amide bonds. The van der Waals surface area contributed by atoms with Crippen molar-refractivity contribution in [3.05, 3.63) is 39.9 Å². The Morgan fingerprint density at radius 3 is 2.90 bits per heavy atom. The lowest BCUT2D eigenvalue weighted by atomic mass is 10.1. The lowest BCUT2D eigenvalue weighted by Crippen LogP contribution is -2.16. The Labute approximate surface area is 113 Å². The molecular weight excluding hydrogens is 266 g/mol. The Bertz CT molecular complexity index is 639. The predicted octanol–water partition coefficient (Wildman–Crippen LogP) is 0.903. The molecule has 0 aliphatic carbocycles. The molecule has 2 rings (SSSR count). The quantitative estimate of drug-likeness (QED) is 0.618. The van der Waals surface area contributed by atoms with Gasteiger partial charge in [0, 0.05) is 11.6 Å². The molecule has 2 N–H and O–H groups in total. The van der Waals surface area contributed by atoms with Crippen molar-refractivity contribution >= 4 is 17.5 Å². The maximum atomic E-state index is 11.8. The number of H-pyrrole nitrogens is 1. The number of carbonyl (C=O) groups is 1. The Balaban J connectivity index is 2.06. The zero-order valence-electron chi connectivity index (χ0n) is 10.5. The molecule has 0 bridgehead atoms. The van der Waals surface area contributed by atoms with Crippen LogP contribution < -0.4 is 10.1 Å². The summed E-state index contributed by atoms with van der Waals surface area (Å²) in [5.41, 5.74) is 0.222. The maximum absolute atomic E-state index is 11.8. The highest BCUT2D eigenvalue weighted by atomic mass is 16.6. The molecular formula is C11H11N5O4. The molecule has 1 aromatic carbocycles. The van der Waals surface area contributed by atoms with E-state index in [1.165, 1.54) is 19.2 Å². The molecule has 0 unspecified atom stereocenters. The van der Waals surface area contributed by atoms with Gasteiger partial charge in [0.15, 0.2) is 0 Å². The molecule has 0 atom stereocenters. The van der Waals surface area contributed by atoms with Gasteiger partial charge in [0.25, 0.3) is 5.69 Å². The number of ether oxygens (including phenoxy) is 1. The zero-order chi connectivity index (χ0) is 14.5. The van der Waals surface area contributed by atoms with Crippen molar-refractivity contribution in [3.63, 3.8) is 0 Å². The van der Waals surface area contributed by atoms with Gasteiger partial charge in [-0.1, -0.05) is 18.2 Å². The van der Waals surface area contributed by atoms with Crippen LogP contribution in [0.15, 0.2) is 24.3 Å². The summed E-state index contributed by atoms with van der Waals surface area (Å²) < 4.78 is 4.75. The van der Waals surface area contributed by atoms with E-state index in [-0.39, 0.29) is 24.1 Å². The summed E-state index contributed by atoms with van der Waals surface area (Å²) in [5.74, 6) is -0.330. The van der Waals surface area contributed by atoms with Gasteiger partial charge in [-0.25, -0.2) is 5.10 Å². The second-order valence-electron chi connectivity index (χ2n) is 3.78. The van der Waals surface area contributed by atoms with Crippen molar-refractivity contribution in [1.29, 1.82) is 0 Å². The zero-order valence-corrected chi connectivity index (χ0v) is 10.5. The average molecular weight is 277 g/mol. The van der Waals surface area contributed by atoms with E-state index in [1.54, 1.807) is 12.1 Å². The highest BCUT2D eigenvalue weighted by Crippen LogP contribution is 2.18. The molecule has 0 fully saturated rings. The summed E-state index contributed by atoms with van der Waals surface area (Å²) in [6, 6.07) is 6.14. The first kappa shape index (κ1) is 13.5. The van der Waals surface area contributed by atoms with Gasteiger partial charge in [-0.3, -0.25) is 20.2 Å². The number of hydrogen-bond acceptors (Lipinski definition) is 6. The molecule has 2 aromatic rings. The van der Waals surface area contributed by atoms with Gasteiger partial charge in [0.1, 0.15) is 0 Å². The predicted molar refractivity (Wildman–Crippen MR) is 68.4 cm³/mol. The van der Waals surface area contributed by atoms with Crippen LogP contribution in [-0.4, -0.2) is 33.1 Å². The minimum Gasteiger partial charge on any atom is -0.466 e. The lowest BCUT2D eigenvalue weighted by molar-refractivity contribution is -0.385. The van der Waals surface area contributed by atoms with E-state index in [4.69, 9.17) is 4.74 Å². The summed E-state index contributed by atoms with van der Waals surface area (Å²) in [4.78, 5) is 25.9. The SMILES string of the molecule is COc1n[nH]c(NC(=O)Cc2ccccc2[N+](=O)[O-])n1. The molecule has 1 heterocycles.